The van der Waals surface area contributed by atoms with E-state index >= 15 is 0 Å². The lowest BCUT2D eigenvalue weighted by Gasteiger charge is -2.34. The van der Waals surface area contributed by atoms with E-state index in [-0.39, 0.29) is 34.3 Å². The fourth-order valence-electron chi connectivity index (χ4n) is 5.95. The van der Waals surface area contributed by atoms with Crippen LogP contribution in [0.25, 0.3) is 22.5 Å². The van der Waals surface area contributed by atoms with Gasteiger partial charge in [0.05, 0.1) is 40.9 Å². The predicted octanol–water partition coefficient (Wildman–Crippen LogP) is 4.87. The molecule has 2 N–H and O–H groups in total. The van der Waals surface area contributed by atoms with Gasteiger partial charge < -0.3 is 15.2 Å². The second kappa shape index (κ2) is 13.4. The van der Waals surface area contributed by atoms with E-state index in [1.165, 1.54) is 17.3 Å². The van der Waals surface area contributed by atoms with Gasteiger partial charge in [-0.25, -0.2) is 28.2 Å². The van der Waals surface area contributed by atoms with Gasteiger partial charge in [0.25, 0.3) is 0 Å². The van der Waals surface area contributed by atoms with E-state index in [0.717, 1.165) is 43.1 Å². The number of anilines is 2. The van der Waals surface area contributed by atoms with Gasteiger partial charge in [-0.05, 0) is 44.6 Å². The Bertz CT molecular complexity index is 1880. The Morgan fingerprint density at radius 3 is 2.38 bits per heavy atom. The first kappa shape index (κ1) is 33.2. The van der Waals surface area contributed by atoms with E-state index < -0.39 is 39.4 Å². The number of carbonyl (C=O) groups is 1. The molecule has 0 unspecified atom stereocenters. The summed E-state index contributed by atoms with van der Waals surface area (Å²) in [7, 11) is -3.74. The van der Waals surface area contributed by atoms with Crippen LogP contribution in [-0.4, -0.2) is 85.9 Å². The number of alkyl halides is 3. The topological polar surface area (TPSA) is 178 Å². The summed E-state index contributed by atoms with van der Waals surface area (Å²) in [6.07, 6.45) is 7.83. The Labute approximate surface area is 273 Å². The van der Waals surface area contributed by atoms with Gasteiger partial charge in [0.2, 0.25) is 5.95 Å². The summed E-state index contributed by atoms with van der Waals surface area (Å²) >= 11 is 0. The molecule has 18 heteroatoms. The average Bonchev–Trinajstić information content (AvgIpc) is 3.56. The van der Waals surface area contributed by atoms with Crippen LogP contribution >= 0.6 is 0 Å². The molecule has 6 rings (SSSR count). The molecule has 2 aliphatic rings. The molecule has 2 fully saturated rings. The Morgan fingerprint density at radius 2 is 1.73 bits per heavy atom. The number of amides is 1. The van der Waals surface area contributed by atoms with E-state index in [2.05, 4.69) is 35.3 Å². The smallest absolute Gasteiger partial charge is 0.419 e. The third-order valence-corrected chi connectivity index (χ3v) is 9.54. The molecule has 4 aromatic rings. The molecule has 48 heavy (non-hydrogen) atoms. The number of aromatic nitrogens is 7. The summed E-state index contributed by atoms with van der Waals surface area (Å²) < 4.78 is 72.9. The summed E-state index contributed by atoms with van der Waals surface area (Å²) in [4.78, 5) is 33.9. The van der Waals surface area contributed by atoms with E-state index in [1.54, 1.807) is 6.20 Å². The zero-order valence-corrected chi connectivity index (χ0v) is 26.5. The number of nitrogens with zero attached hydrogens (tertiary/aromatic N) is 8. The fraction of sp³-hybridized carbons (Fsp3) is 0.433. The first-order chi connectivity index (χ1) is 22.9. The van der Waals surface area contributed by atoms with Gasteiger partial charge in [0, 0.05) is 67.5 Å². The normalized spacial score (nSPS) is 19.2. The number of hydrogen-bond donors (Lipinski definition) is 2. The Hall–Kier alpha value is -4.71. The predicted molar refractivity (Wildman–Crippen MR) is 166 cm³/mol. The fourth-order valence-corrected chi connectivity index (χ4v) is 6.54. The summed E-state index contributed by atoms with van der Waals surface area (Å²) in [6.45, 7) is 1.37. The van der Waals surface area contributed by atoms with Crippen molar-refractivity contribution in [3.63, 3.8) is 0 Å². The third-order valence-electron chi connectivity index (χ3n) is 8.46. The average molecular weight is 688 g/mol. The lowest BCUT2D eigenvalue weighted by molar-refractivity contribution is -0.137. The molecule has 0 radical (unpaired) electrons. The number of rotatable bonds is 8. The van der Waals surface area contributed by atoms with Crippen molar-refractivity contribution in [3.8, 4) is 22.5 Å². The summed E-state index contributed by atoms with van der Waals surface area (Å²) in [6, 6.07) is 0.662. The lowest BCUT2D eigenvalue weighted by Crippen LogP contribution is -2.44. The lowest BCUT2D eigenvalue weighted by atomic mass is 9.90. The molecule has 1 aliphatic carbocycles. The summed E-state index contributed by atoms with van der Waals surface area (Å²) in [5.41, 5.74) is -0.452. The SMILES string of the molecule is CS(=O)(=O)c1cncc(-c2nc(N[C@H]3CC[C@H](N(C(=O)O)c4cnc(-c5cnn(C6CCOCC6)c5)cn4)CC3)ncc2C(F)(F)F)c1. The highest BCUT2D eigenvalue weighted by atomic mass is 32.2. The molecule has 1 saturated heterocycles. The molecule has 4 aromatic heterocycles. The van der Waals surface area contributed by atoms with Gasteiger partial charge >= 0.3 is 12.3 Å². The Kier molecular flexibility index (Phi) is 9.28. The molecule has 0 atom stereocenters. The number of sulfone groups is 1. The number of carboxylic acid groups (broad SMARTS) is 1. The molecule has 1 aliphatic heterocycles. The first-order valence-corrected chi connectivity index (χ1v) is 17.1. The van der Waals surface area contributed by atoms with Gasteiger partial charge in [-0.15, -0.1) is 0 Å². The van der Waals surface area contributed by atoms with Crippen molar-refractivity contribution in [1.29, 1.82) is 0 Å². The number of nitrogens with one attached hydrogen (secondary N) is 1. The quantitative estimate of drug-likeness (QED) is 0.257. The van der Waals surface area contributed by atoms with E-state index in [1.807, 2.05) is 10.9 Å². The minimum atomic E-state index is -4.80. The molecule has 1 saturated carbocycles. The summed E-state index contributed by atoms with van der Waals surface area (Å²) in [5.74, 6) is 0.100. The van der Waals surface area contributed by atoms with Crippen molar-refractivity contribution >= 4 is 27.7 Å². The first-order valence-electron chi connectivity index (χ1n) is 15.2. The van der Waals surface area contributed by atoms with Crippen LogP contribution < -0.4 is 10.2 Å². The summed E-state index contributed by atoms with van der Waals surface area (Å²) in [5, 5.41) is 17.6. The Balaban J connectivity index is 1.13. The third kappa shape index (κ3) is 7.38. The zero-order valence-electron chi connectivity index (χ0n) is 25.7. The second-order valence-electron chi connectivity index (χ2n) is 11.7. The van der Waals surface area contributed by atoms with Crippen molar-refractivity contribution in [2.75, 3.05) is 29.7 Å². The van der Waals surface area contributed by atoms with Crippen LogP contribution in [0.3, 0.4) is 0 Å². The van der Waals surface area contributed by atoms with Crippen molar-refractivity contribution < 1.29 is 36.2 Å². The van der Waals surface area contributed by atoms with Crippen LogP contribution in [-0.2, 0) is 20.8 Å². The van der Waals surface area contributed by atoms with E-state index in [9.17, 15) is 31.5 Å². The zero-order chi connectivity index (χ0) is 34.1. The molecular formula is C30H32F3N9O5S. The standard InChI is InChI=1S/C30H32F3N9O5S/c1-48(45,46)23-10-18(11-34-13-23)27-24(30(31,32)33)14-37-28(40-27)39-20-2-4-22(5-3-20)42(29(43)44)26-16-35-25(15-36-26)19-12-38-41(17-19)21-6-8-47-9-7-21/h10-17,20-22H,2-9H2,1H3,(H,43,44)(H,37,39,40)/t20-,22-. The van der Waals surface area contributed by atoms with Crippen LogP contribution in [0.4, 0.5) is 29.7 Å². The highest BCUT2D eigenvalue weighted by Crippen LogP contribution is 2.37. The highest BCUT2D eigenvalue weighted by Gasteiger charge is 2.36. The molecule has 5 heterocycles. The molecule has 0 bridgehead atoms. The maximum atomic E-state index is 13.9. The van der Waals surface area contributed by atoms with Crippen molar-refractivity contribution in [1.82, 2.24) is 34.7 Å². The maximum Gasteiger partial charge on any atom is 0.419 e. The van der Waals surface area contributed by atoms with Crippen LogP contribution in [0.2, 0.25) is 0 Å². The Morgan fingerprint density at radius 1 is 0.979 bits per heavy atom. The number of ether oxygens (including phenoxy) is 1. The largest absolute Gasteiger partial charge is 0.465 e. The molecular weight excluding hydrogens is 655 g/mol. The van der Waals surface area contributed by atoms with Crippen LogP contribution in [0.5, 0.6) is 0 Å². The molecule has 1 amide bonds. The van der Waals surface area contributed by atoms with Crippen molar-refractivity contribution in [2.45, 2.75) is 67.7 Å². The van der Waals surface area contributed by atoms with Gasteiger partial charge in [0.1, 0.15) is 5.56 Å². The molecule has 0 spiro atoms. The van der Waals surface area contributed by atoms with Crippen LogP contribution in [0.15, 0.2) is 54.3 Å². The van der Waals surface area contributed by atoms with E-state index in [4.69, 9.17) is 4.74 Å². The van der Waals surface area contributed by atoms with Gasteiger partial charge in [0.15, 0.2) is 15.7 Å². The van der Waals surface area contributed by atoms with Gasteiger partial charge in [-0.3, -0.25) is 19.5 Å². The monoisotopic (exact) mass is 687 g/mol. The maximum absolute atomic E-state index is 13.9. The van der Waals surface area contributed by atoms with Crippen LogP contribution in [0, 0.1) is 0 Å². The number of hydrogen-bond acceptors (Lipinski definition) is 11. The van der Waals surface area contributed by atoms with Gasteiger partial charge in [-0.2, -0.15) is 18.3 Å². The second-order valence-corrected chi connectivity index (χ2v) is 13.8. The minimum absolute atomic E-state index is 0.0807. The highest BCUT2D eigenvalue weighted by molar-refractivity contribution is 7.90. The molecule has 0 aromatic carbocycles. The minimum Gasteiger partial charge on any atom is -0.465 e. The number of halogens is 3. The van der Waals surface area contributed by atoms with Crippen LogP contribution in [0.1, 0.15) is 50.1 Å². The van der Waals surface area contributed by atoms with Crippen molar-refractivity contribution in [2.24, 2.45) is 0 Å². The number of pyridine rings is 1. The van der Waals surface area contributed by atoms with Crippen molar-refractivity contribution in [3.05, 3.63) is 55.0 Å². The molecule has 254 valence electrons. The molecule has 14 nitrogen and oxygen atoms in total. The van der Waals surface area contributed by atoms with E-state index in [0.29, 0.717) is 50.8 Å². The van der Waals surface area contributed by atoms with Gasteiger partial charge in [-0.1, -0.05) is 0 Å².